The molecule has 1 saturated heterocycles. The summed E-state index contributed by atoms with van der Waals surface area (Å²) < 4.78 is 5.45. The molecule has 0 spiro atoms. The highest BCUT2D eigenvalue weighted by molar-refractivity contribution is 6.04. The Morgan fingerprint density at radius 3 is 2.41 bits per heavy atom. The van der Waals surface area contributed by atoms with E-state index in [1.165, 1.54) is 5.56 Å². The summed E-state index contributed by atoms with van der Waals surface area (Å²) in [6, 6.07) is 18.4. The lowest BCUT2D eigenvalue weighted by atomic mass is 9.80. The highest BCUT2D eigenvalue weighted by Gasteiger charge is 2.39. The molecule has 0 N–H and O–H groups in total. The molecule has 0 aliphatic carbocycles. The third kappa shape index (κ3) is 4.23. The van der Waals surface area contributed by atoms with Gasteiger partial charge in [-0.15, -0.1) is 0 Å². The van der Waals surface area contributed by atoms with Crippen molar-refractivity contribution in [2.45, 2.75) is 25.3 Å². The predicted molar refractivity (Wildman–Crippen MR) is 111 cm³/mol. The Hall–Kier alpha value is -2.17. The summed E-state index contributed by atoms with van der Waals surface area (Å²) in [6.45, 7) is 5.32. The first kappa shape index (κ1) is 19.6. The second-order valence-corrected chi connectivity index (χ2v) is 7.42. The van der Waals surface area contributed by atoms with Crippen molar-refractivity contribution in [3.05, 3.63) is 65.7 Å². The number of anilines is 1. The molecule has 0 aromatic heterocycles. The molecule has 1 aliphatic rings. The van der Waals surface area contributed by atoms with Gasteiger partial charge in [0.15, 0.2) is 5.78 Å². The van der Waals surface area contributed by atoms with Crippen LogP contribution in [-0.2, 0) is 11.2 Å². The minimum atomic E-state index is -0.551. The van der Waals surface area contributed by atoms with E-state index in [2.05, 4.69) is 34.9 Å². The van der Waals surface area contributed by atoms with Crippen molar-refractivity contribution < 1.29 is 9.53 Å². The molecule has 1 aliphatic heterocycles. The molecule has 0 saturated carbocycles. The molecule has 1 atom stereocenters. The number of morpholine rings is 1. The van der Waals surface area contributed by atoms with Crippen LogP contribution in [0.1, 0.15) is 29.3 Å². The van der Waals surface area contributed by atoms with Crippen LogP contribution in [-0.4, -0.2) is 56.6 Å². The first-order chi connectivity index (χ1) is 13.1. The number of hydrogen-bond donors (Lipinski definition) is 0. The monoisotopic (exact) mass is 366 g/mol. The molecule has 1 heterocycles. The van der Waals surface area contributed by atoms with Crippen LogP contribution in [0, 0.1) is 0 Å². The van der Waals surface area contributed by atoms with Crippen LogP contribution < -0.4 is 4.90 Å². The number of ketones is 1. The highest BCUT2D eigenvalue weighted by atomic mass is 16.5. The number of Topliss-reactive ketones (excluding diaryl/α,β-unsaturated/α-hetero) is 1. The van der Waals surface area contributed by atoms with Crippen molar-refractivity contribution in [3.63, 3.8) is 0 Å². The number of nitrogens with zero attached hydrogens (tertiary/aromatic N) is 2. The summed E-state index contributed by atoms with van der Waals surface area (Å²) >= 11 is 0. The van der Waals surface area contributed by atoms with Gasteiger partial charge in [-0.25, -0.2) is 0 Å². The molecule has 27 heavy (non-hydrogen) atoms. The Morgan fingerprint density at radius 1 is 1.07 bits per heavy atom. The molecule has 1 fully saturated rings. The highest BCUT2D eigenvalue weighted by Crippen LogP contribution is 2.29. The maximum Gasteiger partial charge on any atom is 0.183 e. The molecule has 4 nitrogen and oxygen atoms in total. The van der Waals surface area contributed by atoms with Crippen LogP contribution >= 0.6 is 0 Å². The van der Waals surface area contributed by atoms with E-state index < -0.39 is 5.54 Å². The molecule has 2 aromatic rings. The quantitative estimate of drug-likeness (QED) is 0.700. The van der Waals surface area contributed by atoms with E-state index in [9.17, 15) is 4.79 Å². The predicted octanol–water partition coefficient (Wildman–Crippen LogP) is 3.66. The molecular formula is C23H30N2O2. The minimum absolute atomic E-state index is 0.189. The third-order valence-electron chi connectivity index (χ3n) is 5.69. The van der Waals surface area contributed by atoms with Crippen LogP contribution in [0.3, 0.4) is 0 Å². The smallest absolute Gasteiger partial charge is 0.183 e. The number of likely N-dealkylation sites (N-methyl/N-ethyl adjacent to an activating group) is 1. The average Bonchev–Trinajstić information content (AvgIpc) is 2.73. The van der Waals surface area contributed by atoms with Gasteiger partial charge in [-0.2, -0.15) is 0 Å². The second kappa shape index (κ2) is 8.68. The number of benzene rings is 2. The van der Waals surface area contributed by atoms with Gasteiger partial charge in [0.05, 0.1) is 18.8 Å². The summed E-state index contributed by atoms with van der Waals surface area (Å²) in [7, 11) is 4.02. The fourth-order valence-electron chi connectivity index (χ4n) is 3.91. The van der Waals surface area contributed by atoms with Gasteiger partial charge in [0.2, 0.25) is 0 Å². The Balaban J connectivity index is 1.92. The van der Waals surface area contributed by atoms with Crippen molar-refractivity contribution in [1.29, 1.82) is 0 Å². The van der Waals surface area contributed by atoms with Crippen LogP contribution in [0.15, 0.2) is 54.6 Å². The van der Waals surface area contributed by atoms with Crippen molar-refractivity contribution in [3.8, 4) is 0 Å². The molecular weight excluding hydrogens is 336 g/mol. The van der Waals surface area contributed by atoms with Crippen LogP contribution in [0.25, 0.3) is 0 Å². The molecule has 4 heteroatoms. The summed E-state index contributed by atoms with van der Waals surface area (Å²) in [5, 5.41) is 0. The van der Waals surface area contributed by atoms with Crippen molar-refractivity contribution in [1.82, 2.24) is 4.90 Å². The fourth-order valence-corrected chi connectivity index (χ4v) is 3.91. The van der Waals surface area contributed by atoms with Crippen LogP contribution in [0.2, 0.25) is 0 Å². The normalized spacial score (nSPS) is 17.0. The van der Waals surface area contributed by atoms with Gasteiger partial charge in [0, 0.05) is 24.3 Å². The van der Waals surface area contributed by atoms with Gasteiger partial charge in [-0.1, -0.05) is 49.4 Å². The molecule has 0 radical (unpaired) electrons. The summed E-state index contributed by atoms with van der Waals surface area (Å²) in [4.78, 5) is 18.1. The van der Waals surface area contributed by atoms with E-state index in [4.69, 9.17) is 4.74 Å². The van der Waals surface area contributed by atoms with E-state index in [-0.39, 0.29) is 5.78 Å². The van der Waals surface area contributed by atoms with Crippen molar-refractivity contribution >= 4 is 11.5 Å². The van der Waals surface area contributed by atoms with E-state index in [1.54, 1.807) is 0 Å². The van der Waals surface area contributed by atoms with Gasteiger partial charge in [-0.3, -0.25) is 9.69 Å². The molecule has 1 unspecified atom stereocenters. The number of hydrogen-bond acceptors (Lipinski definition) is 4. The van der Waals surface area contributed by atoms with Crippen molar-refractivity contribution in [2.75, 3.05) is 45.3 Å². The Morgan fingerprint density at radius 2 is 1.78 bits per heavy atom. The van der Waals surface area contributed by atoms with E-state index in [0.29, 0.717) is 6.42 Å². The SMILES string of the molecule is CCC(Cc1ccccc1)(C(=O)c1cccc(N2CCOCC2)c1)N(C)C. The summed E-state index contributed by atoms with van der Waals surface area (Å²) in [6.07, 6.45) is 1.47. The average molecular weight is 367 g/mol. The second-order valence-electron chi connectivity index (χ2n) is 7.42. The van der Waals surface area contributed by atoms with Gasteiger partial charge < -0.3 is 9.64 Å². The lowest BCUT2D eigenvalue weighted by Gasteiger charge is -2.38. The zero-order valence-electron chi connectivity index (χ0n) is 16.6. The molecule has 144 valence electrons. The molecule has 0 bridgehead atoms. The molecule has 2 aromatic carbocycles. The first-order valence-electron chi connectivity index (χ1n) is 9.76. The standard InChI is InChI=1S/C23H30N2O2/c1-4-23(24(2)3,18-19-9-6-5-7-10-19)22(26)20-11-8-12-21(17-20)25-13-15-27-16-14-25/h5-12,17H,4,13-16,18H2,1-3H3. The van der Waals surface area contributed by atoms with Crippen LogP contribution in [0.4, 0.5) is 5.69 Å². The van der Waals surface area contributed by atoms with Crippen molar-refractivity contribution in [2.24, 2.45) is 0 Å². The molecule has 0 amide bonds. The minimum Gasteiger partial charge on any atom is -0.378 e. The fraction of sp³-hybridized carbons (Fsp3) is 0.435. The summed E-state index contributed by atoms with van der Waals surface area (Å²) in [5.41, 5.74) is 2.52. The Bertz CT molecular complexity index is 754. The van der Waals surface area contributed by atoms with Gasteiger partial charge >= 0.3 is 0 Å². The van der Waals surface area contributed by atoms with Gasteiger partial charge in [0.25, 0.3) is 0 Å². The number of rotatable bonds is 7. The van der Waals surface area contributed by atoms with E-state index in [0.717, 1.165) is 44.0 Å². The van der Waals surface area contributed by atoms with Gasteiger partial charge in [0.1, 0.15) is 0 Å². The number of carbonyl (C=O) groups excluding carboxylic acids is 1. The summed E-state index contributed by atoms with van der Waals surface area (Å²) in [5.74, 6) is 0.189. The molecule has 3 rings (SSSR count). The topological polar surface area (TPSA) is 32.8 Å². The Labute approximate surface area is 162 Å². The largest absolute Gasteiger partial charge is 0.378 e. The maximum absolute atomic E-state index is 13.7. The zero-order valence-corrected chi connectivity index (χ0v) is 16.6. The first-order valence-corrected chi connectivity index (χ1v) is 9.76. The number of carbonyl (C=O) groups is 1. The third-order valence-corrected chi connectivity index (χ3v) is 5.69. The zero-order chi connectivity index (χ0) is 19.3. The number of ether oxygens (including phenoxy) is 1. The lowest BCUT2D eigenvalue weighted by Crippen LogP contribution is -2.52. The maximum atomic E-state index is 13.7. The van der Waals surface area contributed by atoms with E-state index >= 15 is 0 Å². The van der Waals surface area contributed by atoms with E-state index in [1.807, 2.05) is 50.5 Å². The van der Waals surface area contributed by atoms with Gasteiger partial charge in [-0.05, 0) is 44.6 Å². The lowest BCUT2D eigenvalue weighted by molar-refractivity contribution is 0.0666. The van der Waals surface area contributed by atoms with Crippen LogP contribution in [0.5, 0.6) is 0 Å². The Kier molecular flexibility index (Phi) is 6.30.